The molecular weight excluding hydrogens is 231 g/mol. The normalized spacial score (nSPS) is 42.6. The van der Waals surface area contributed by atoms with Gasteiger partial charge in [-0.25, -0.2) is 0 Å². The molecule has 2 bridgehead atoms. The van der Waals surface area contributed by atoms with Gasteiger partial charge in [-0.3, -0.25) is 4.79 Å². The smallest absolute Gasteiger partial charge is 0.426 e. The number of likely N-dealkylation sites (tertiary alicyclic amines) is 1. The van der Waals surface area contributed by atoms with Crippen molar-refractivity contribution >= 4 is 13.0 Å². The van der Waals surface area contributed by atoms with Crippen molar-refractivity contribution in [1.82, 2.24) is 4.90 Å². The molecular formula is C12H21BN2O3. The summed E-state index contributed by atoms with van der Waals surface area (Å²) in [5.74, 6) is 0.482. The zero-order valence-corrected chi connectivity index (χ0v) is 10.5. The lowest BCUT2D eigenvalue weighted by atomic mass is 9.76. The van der Waals surface area contributed by atoms with Crippen LogP contribution in [0.25, 0.3) is 0 Å². The number of fused-ring (bicyclic) bond motifs is 2. The molecule has 3 rings (SSSR count). The van der Waals surface area contributed by atoms with E-state index >= 15 is 0 Å². The zero-order chi connectivity index (χ0) is 12.9. The second kappa shape index (κ2) is 4.51. The number of hydrogen-bond donors (Lipinski definition) is 3. The molecule has 0 aromatic carbocycles. The van der Waals surface area contributed by atoms with Gasteiger partial charge in [-0.05, 0) is 43.9 Å². The van der Waals surface area contributed by atoms with E-state index in [-0.39, 0.29) is 17.9 Å². The van der Waals surface area contributed by atoms with Crippen molar-refractivity contribution in [2.45, 2.75) is 44.1 Å². The van der Waals surface area contributed by atoms with E-state index in [1.165, 1.54) is 0 Å². The highest BCUT2D eigenvalue weighted by Gasteiger charge is 2.51. The van der Waals surface area contributed by atoms with Crippen LogP contribution >= 0.6 is 0 Å². The highest BCUT2D eigenvalue weighted by molar-refractivity contribution is 6.43. The van der Waals surface area contributed by atoms with E-state index in [0.717, 1.165) is 25.7 Å². The average molecular weight is 252 g/mol. The van der Waals surface area contributed by atoms with Crippen LogP contribution in [0.2, 0.25) is 0 Å². The summed E-state index contributed by atoms with van der Waals surface area (Å²) in [7, 11) is -1.42. The third kappa shape index (κ3) is 1.78. The van der Waals surface area contributed by atoms with Gasteiger partial charge < -0.3 is 20.7 Å². The predicted octanol–water partition coefficient (Wildman–Crippen LogP) is -0.637. The van der Waals surface area contributed by atoms with Crippen molar-refractivity contribution in [3.63, 3.8) is 0 Å². The van der Waals surface area contributed by atoms with E-state index in [0.29, 0.717) is 24.8 Å². The van der Waals surface area contributed by atoms with Gasteiger partial charge in [0.2, 0.25) is 5.91 Å². The summed E-state index contributed by atoms with van der Waals surface area (Å²) < 4.78 is 0. The first kappa shape index (κ1) is 12.4. The van der Waals surface area contributed by atoms with Crippen molar-refractivity contribution < 1.29 is 14.8 Å². The van der Waals surface area contributed by atoms with Crippen LogP contribution in [0.15, 0.2) is 0 Å². The highest BCUT2D eigenvalue weighted by Crippen LogP contribution is 2.48. The molecule has 5 nitrogen and oxygen atoms in total. The molecule has 0 unspecified atom stereocenters. The largest absolute Gasteiger partial charge is 0.475 e. The van der Waals surface area contributed by atoms with Crippen LogP contribution in [0, 0.1) is 17.8 Å². The molecule has 2 aliphatic carbocycles. The molecule has 3 aliphatic rings. The van der Waals surface area contributed by atoms with Crippen molar-refractivity contribution in [1.29, 1.82) is 0 Å². The Morgan fingerprint density at radius 2 is 1.94 bits per heavy atom. The third-order valence-electron chi connectivity index (χ3n) is 5.19. The SMILES string of the molecule is N[C@H]1[C@H]2CC[C@@H](C2)[C@H]1C(=O)N1CCC[C@H]1B(O)O. The van der Waals surface area contributed by atoms with Crippen LogP contribution < -0.4 is 5.73 Å². The van der Waals surface area contributed by atoms with Gasteiger partial charge in [0.15, 0.2) is 0 Å². The summed E-state index contributed by atoms with van der Waals surface area (Å²) in [6, 6.07) is -0.0201. The molecule has 3 fully saturated rings. The summed E-state index contributed by atoms with van der Waals surface area (Å²) >= 11 is 0. The Labute approximate surface area is 107 Å². The Morgan fingerprint density at radius 3 is 2.56 bits per heavy atom. The number of carbonyl (C=O) groups is 1. The lowest BCUT2D eigenvalue weighted by molar-refractivity contribution is -0.137. The number of nitrogens with two attached hydrogens (primary N) is 1. The van der Waals surface area contributed by atoms with Crippen LogP contribution in [0.1, 0.15) is 32.1 Å². The van der Waals surface area contributed by atoms with Gasteiger partial charge in [0.25, 0.3) is 0 Å². The molecule has 18 heavy (non-hydrogen) atoms. The van der Waals surface area contributed by atoms with Crippen LogP contribution in [0.4, 0.5) is 0 Å². The molecule has 0 spiro atoms. The first-order valence-electron chi connectivity index (χ1n) is 7.02. The van der Waals surface area contributed by atoms with Gasteiger partial charge in [-0.15, -0.1) is 0 Å². The predicted molar refractivity (Wildman–Crippen MR) is 67.2 cm³/mol. The molecule has 1 saturated heterocycles. The van der Waals surface area contributed by atoms with Crippen molar-refractivity contribution in [3.8, 4) is 0 Å². The molecule has 5 atom stereocenters. The van der Waals surface area contributed by atoms with E-state index in [9.17, 15) is 14.8 Å². The van der Waals surface area contributed by atoms with Crippen LogP contribution in [-0.4, -0.2) is 46.5 Å². The van der Waals surface area contributed by atoms with Gasteiger partial charge in [0.1, 0.15) is 0 Å². The summed E-state index contributed by atoms with van der Waals surface area (Å²) in [5, 5.41) is 18.7. The number of amides is 1. The topological polar surface area (TPSA) is 86.8 Å². The van der Waals surface area contributed by atoms with E-state index in [1.807, 2.05) is 0 Å². The lowest BCUT2D eigenvalue weighted by Crippen LogP contribution is -2.52. The molecule has 100 valence electrons. The summed E-state index contributed by atoms with van der Waals surface area (Å²) in [6.45, 7) is 0.641. The second-order valence-corrected chi connectivity index (χ2v) is 6.09. The van der Waals surface area contributed by atoms with Gasteiger partial charge in [-0.2, -0.15) is 0 Å². The van der Waals surface area contributed by atoms with Gasteiger partial charge in [0, 0.05) is 12.6 Å². The third-order valence-corrected chi connectivity index (χ3v) is 5.19. The number of carbonyl (C=O) groups excluding carboxylic acids is 1. The van der Waals surface area contributed by atoms with Gasteiger partial charge >= 0.3 is 7.12 Å². The first-order chi connectivity index (χ1) is 8.59. The standard InChI is InChI=1S/C12H21BN2O3/c14-11-8-4-3-7(6-8)10(11)12(16)15-5-1-2-9(15)13(17)18/h7-11,17-18H,1-6,14H2/t7-,8-,9-,10+,11-/m0/s1. The van der Waals surface area contributed by atoms with E-state index in [1.54, 1.807) is 4.90 Å². The van der Waals surface area contributed by atoms with Crippen molar-refractivity contribution in [2.24, 2.45) is 23.5 Å². The number of hydrogen-bond acceptors (Lipinski definition) is 4. The summed E-state index contributed by atoms with van der Waals surface area (Å²) in [5.41, 5.74) is 6.18. The molecule has 0 radical (unpaired) electrons. The minimum absolute atomic E-state index is 0.0201. The molecule has 1 amide bonds. The fourth-order valence-corrected chi connectivity index (χ4v) is 4.27. The fourth-order valence-electron chi connectivity index (χ4n) is 4.27. The second-order valence-electron chi connectivity index (χ2n) is 6.09. The number of nitrogens with zero attached hydrogens (tertiary/aromatic N) is 1. The fraction of sp³-hybridized carbons (Fsp3) is 0.917. The van der Waals surface area contributed by atoms with Gasteiger partial charge in [-0.1, -0.05) is 0 Å². The number of rotatable bonds is 2. The lowest BCUT2D eigenvalue weighted by Gasteiger charge is -2.33. The maximum absolute atomic E-state index is 12.6. The van der Waals surface area contributed by atoms with Crippen molar-refractivity contribution in [3.05, 3.63) is 0 Å². The van der Waals surface area contributed by atoms with Crippen LogP contribution in [0.5, 0.6) is 0 Å². The molecule has 2 saturated carbocycles. The van der Waals surface area contributed by atoms with Crippen LogP contribution in [-0.2, 0) is 4.79 Å². The van der Waals surface area contributed by atoms with Gasteiger partial charge in [0.05, 0.1) is 11.9 Å². The van der Waals surface area contributed by atoms with Crippen LogP contribution in [0.3, 0.4) is 0 Å². The summed E-state index contributed by atoms with van der Waals surface area (Å²) in [6.07, 6.45) is 4.87. The van der Waals surface area contributed by atoms with E-state index < -0.39 is 13.1 Å². The Balaban J connectivity index is 1.74. The maximum Gasteiger partial charge on any atom is 0.475 e. The minimum Gasteiger partial charge on any atom is -0.426 e. The summed E-state index contributed by atoms with van der Waals surface area (Å²) in [4.78, 5) is 14.2. The molecule has 0 aromatic rings. The molecule has 1 aliphatic heterocycles. The van der Waals surface area contributed by atoms with Crippen molar-refractivity contribution in [2.75, 3.05) is 6.54 Å². The average Bonchev–Trinajstić information content (AvgIpc) is 3.03. The minimum atomic E-state index is -1.42. The molecule has 6 heteroatoms. The Kier molecular flexibility index (Phi) is 3.12. The maximum atomic E-state index is 12.6. The van der Waals surface area contributed by atoms with E-state index in [2.05, 4.69) is 0 Å². The molecule has 0 aromatic heterocycles. The Hall–Kier alpha value is -0.585. The zero-order valence-electron chi connectivity index (χ0n) is 10.5. The van der Waals surface area contributed by atoms with E-state index in [4.69, 9.17) is 5.73 Å². The quantitative estimate of drug-likeness (QED) is 0.571. The first-order valence-corrected chi connectivity index (χ1v) is 7.02. The molecule has 1 heterocycles. The monoisotopic (exact) mass is 252 g/mol. The Morgan fingerprint density at radius 1 is 1.22 bits per heavy atom. The Bertz CT molecular complexity index is 350. The highest BCUT2D eigenvalue weighted by atomic mass is 16.4. The molecule has 4 N–H and O–H groups in total.